The van der Waals surface area contributed by atoms with E-state index in [0.717, 1.165) is 22.3 Å². The van der Waals surface area contributed by atoms with E-state index in [1.807, 2.05) is 0 Å². The number of nitrogens with one attached hydrogen (secondary N) is 1. The average Bonchev–Trinajstić information content (AvgIpc) is 2.72. The molecule has 0 atom stereocenters. The van der Waals surface area contributed by atoms with E-state index in [1.165, 1.54) is 4.57 Å². The molecule has 9 heteroatoms. The molecular formula is C21H18BrF2N3O3. The van der Waals surface area contributed by atoms with Gasteiger partial charge in [-0.25, -0.2) is 13.6 Å². The fourth-order valence-electron chi connectivity index (χ4n) is 3.72. The molecular weight excluding hydrogens is 460 g/mol. The molecule has 1 fully saturated rings. The van der Waals surface area contributed by atoms with Gasteiger partial charge in [0.25, 0.3) is 0 Å². The van der Waals surface area contributed by atoms with E-state index in [0.29, 0.717) is 26.2 Å². The number of aromatic carboxylic acids is 1. The maximum absolute atomic E-state index is 15.6. The number of carboxylic acid groups (broad SMARTS) is 1. The van der Waals surface area contributed by atoms with Crippen LogP contribution in [-0.2, 0) is 6.54 Å². The van der Waals surface area contributed by atoms with Gasteiger partial charge < -0.3 is 19.9 Å². The summed E-state index contributed by atoms with van der Waals surface area (Å²) in [5.41, 5.74) is -0.978. The molecule has 1 aliphatic rings. The lowest BCUT2D eigenvalue weighted by Crippen LogP contribution is -2.44. The molecule has 156 valence electrons. The number of anilines is 1. The molecule has 2 N–H and O–H groups in total. The zero-order valence-electron chi connectivity index (χ0n) is 15.8. The predicted octanol–water partition coefficient (Wildman–Crippen LogP) is 3.20. The molecule has 0 bridgehead atoms. The number of aromatic nitrogens is 1. The fraction of sp³-hybridized carbons (Fsp3) is 0.238. The Morgan fingerprint density at radius 1 is 1.17 bits per heavy atom. The molecule has 0 unspecified atom stereocenters. The third-order valence-corrected chi connectivity index (χ3v) is 5.69. The van der Waals surface area contributed by atoms with Crippen LogP contribution in [0.1, 0.15) is 15.9 Å². The molecule has 3 aromatic rings. The van der Waals surface area contributed by atoms with E-state index >= 15 is 4.39 Å². The van der Waals surface area contributed by atoms with Gasteiger partial charge in [-0.05, 0) is 23.8 Å². The molecule has 1 aromatic heterocycles. The van der Waals surface area contributed by atoms with E-state index in [4.69, 9.17) is 0 Å². The van der Waals surface area contributed by atoms with Gasteiger partial charge >= 0.3 is 5.97 Å². The van der Waals surface area contributed by atoms with E-state index < -0.39 is 28.6 Å². The second-order valence-corrected chi connectivity index (χ2v) is 8.00. The molecule has 2 aromatic carbocycles. The summed E-state index contributed by atoms with van der Waals surface area (Å²) in [5.74, 6) is -3.19. The number of halogens is 3. The molecule has 0 radical (unpaired) electrons. The highest BCUT2D eigenvalue weighted by Crippen LogP contribution is 2.30. The maximum Gasteiger partial charge on any atom is 0.341 e. The topological polar surface area (TPSA) is 74.6 Å². The van der Waals surface area contributed by atoms with Crippen molar-refractivity contribution in [3.63, 3.8) is 0 Å². The fourth-order valence-corrected chi connectivity index (χ4v) is 3.98. The van der Waals surface area contributed by atoms with Crippen LogP contribution in [0.3, 0.4) is 0 Å². The van der Waals surface area contributed by atoms with Gasteiger partial charge in [0.05, 0.1) is 10.9 Å². The summed E-state index contributed by atoms with van der Waals surface area (Å²) in [6, 6.07) is 8.16. The molecule has 0 saturated carbocycles. The molecule has 1 aliphatic heterocycles. The van der Waals surface area contributed by atoms with Gasteiger partial charge in [-0.1, -0.05) is 28.1 Å². The smallest absolute Gasteiger partial charge is 0.341 e. The second-order valence-electron chi connectivity index (χ2n) is 7.09. The van der Waals surface area contributed by atoms with Crippen molar-refractivity contribution in [1.82, 2.24) is 9.88 Å². The number of carbonyl (C=O) groups is 1. The van der Waals surface area contributed by atoms with Gasteiger partial charge in [0, 0.05) is 43.4 Å². The first-order valence-corrected chi connectivity index (χ1v) is 10.1. The Kier molecular flexibility index (Phi) is 5.57. The van der Waals surface area contributed by atoms with Crippen molar-refractivity contribution in [3.05, 3.63) is 74.0 Å². The van der Waals surface area contributed by atoms with Crippen molar-refractivity contribution in [2.45, 2.75) is 6.54 Å². The van der Waals surface area contributed by atoms with E-state index in [9.17, 15) is 19.1 Å². The highest BCUT2D eigenvalue weighted by Gasteiger charge is 2.25. The van der Waals surface area contributed by atoms with Crippen LogP contribution in [0.5, 0.6) is 0 Å². The van der Waals surface area contributed by atoms with Crippen molar-refractivity contribution in [2.24, 2.45) is 0 Å². The Bertz CT molecular complexity index is 1190. The van der Waals surface area contributed by atoms with Gasteiger partial charge in [-0.3, -0.25) is 4.79 Å². The number of fused-ring (bicyclic) bond motifs is 1. The van der Waals surface area contributed by atoms with Crippen LogP contribution in [0, 0.1) is 11.6 Å². The second kappa shape index (κ2) is 8.16. The summed E-state index contributed by atoms with van der Waals surface area (Å²) >= 11 is 3.35. The molecule has 0 amide bonds. The van der Waals surface area contributed by atoms with Gasteiger partial charge in [0.1, 0.15) is 17.1 Å². The Labute approximate surface area is 178 Å². The van der Waals surface area contributed by atoms with Crippen molar-refractivity contribution in [3.8, 4) is 0 Å². The zero-order valence-corrected chi connectivity index (χ0v) is 17.4. The number of benzene rings is 2. The predicted molar refractivity (Wildman–Crippen MR) is 113 cm³/mol. The number of hydrogen-bond acceptors (Lipinski definition) is 4. The van der Waals surface area contributed by atoms with Crippen LogP contribution in [0.2, 0.25) is 0 Å². The number of pyridine rings is 1. The average molecular weight is 478 g/mol. The first-order valence-electron chi connectivity index (χ1n) is 9.35. The molecule has 0 spiro atoms. The van der Waals surface area contributed by atoms with Crippen LogP contribution >= 0.6 is 15.9 Å². The minimum Gasteiger partial charge on any atom is -0.477 e. The molecule has 1 saturated heterocycles. The lowest BCUT2D eigenvalue weighted by molar-refractivity contribution is 0.0695. The number of piperazine rings is 1. The van der Waals surface area contributed by atoms with Crippen LogP contribution in [-0.4, -0.2) is 41.8 Å². The van der Waals surface area contributed by atoms with Crippen LogP contribution in [0.25, 0.3) is 10.9 Å². The lowest BCUT2D eigenvalue weighted by atomic mass is 10.1. The highest BCUT2D eigenvalue weighted by atomic mass is 79.9. The summed E-state index contributed by atoms with van der Waals surface area (Å²) in [6.45, 7) is 2.13. The van der Waals surface area contributed by atoms with Gasteiger partial charge in [0.15, 0.2) is 5.82 Å². The molecule has 6 nitrogen and oxygen atoms in total. The summed E-state index contributed by atoms with van der Waals surface area (Å²) in [6.07, 6.45) is 1.12. The monoisotopic (exact) mass is 477 g/mol. The van der Waals surface area contributed by atoms with Crippen LogP contribution < -0.4 is 15.6 Å². The molecule has 4 rings (SSSR count). The molecule has 30 heavy (non-hydrogen) atoms. The Morgan fingerprint density at radius 2 is 1.83 bits per heavy atom. The van der Waals surface area contributed by atoms with Gasteiger partial charge in [-0.15, -0.1) is 0 Å². The van der Waals surface area contributed by atoms with Gasteiger partial charge in [0.2, 0.25) is 5.43 Å². The SMILES string of the molecule is O=C(O)c1cn(Cc2ccc(Br)cc2)c2c(F)c(N3CCNCC3)c(F)cc2c1=O. The minimum absolute atomic E-state index is 0.108. The van der Waals surface area contributed by atoms with Crippen molar-refractivity contribution in [1.29, 1.82) is 0 Å². The molecule has 2 heterocycles. The van der Waals surface area contributed by atoms with Crippen molar-refractivity contribution < 1.29 is 18.7 Å². The van der Waals surface area contributed by atoms with E-state index in [-0.39, 0.29) is 23.1 Å². The Balaban J connectivity index is 1.97. The normalized spacial score (nSPS) is 14.3. The Hall–Kier alpha value is -2.78. The summed E-state index contributed by atoms with van der Waals surface area (Å²) in [7, 11) is 0. The first-order chi connectivity index (χ1) is 14.4. The van der Waals surface area contributed by atoms with E-state index in [1.54, 1.807) is 29.2 Å². The zero-order chi connectivity index (χ0) is 21.4. The summed E-state index contributed by atoms with van der Waals surface area (Å²) < 4.78 is 32.7. The largest absolute Gasteiger partial charge is 0.477 e. The third kappa shape index (κ3) is 3.70. The summed E-state index contributed by atoms with van der Waals surface area (Å²) in [4.78, 5) is 25.8. The summed E-state index contributed by atoms with van der Waals surface area (Å²) in [5, 5.41) is 12.3. The molecule has 0 aliphatic carbocycles. The van der Waals surface area contributed by atoms with Crippen molar-refractivity contribution in [2.75, 3.05) is 31.1 Å². The highest BCUT2D eigenvalue weighted by molar-refractivity contribution is 9.10. The first kappa shape index (κ1) is 20.5. The standard InChI is InChI=1S/C21H18BrF2N3O3/c22-13-3-1-12(2-4-13)10-27-11-15(21(29)30)20(28)14-9-16(23)19(17(24)18(14)27)26-7-5-25-6-8-26/h1-4,9,11,25H,5-8,10H2,(H,29,30). The number of rotatable bonds is 4. The van der Waals surface area contributed by atoms with Crippen LogP contribution in [0.15, 0.2) is 45.8 Å². The van der Waals surface area contributed by atoms with Crippen LogP contribution in [0.4, 0.5) is 14.5 Å². The third-order valence-electron chi connectivity index (χ3n) is 5.16. The Morgan fingerprint density at radius 3 is 2.47 bits per heavy atom. The van der Waals surface area contributed by atoms with E-state index in [2.05, 4.69) is 21.2 Å². The quantitative estimate of drug-likeness (QED) is 0.603. The number of carboxylic acids is 1. The van der Waals surface area contributed by atoms with Gasteiger partial charge in [-0.2, -0.15) is 0 Å². The number of hydrogen-bond donors (Lipinski definition) is 2. The number of nitrogens with zero attached hydrogens (tertiary/aromatic N) is 2. The van der Waals surface area contributed by atoms with Crippen molar-refractivity contribution >= 4 is 38.5 Å². The maximum atomic E-state index is 15.6. The lowest BCUT2D eigenvalue weighted by Gasteiger charge is -2.30. The minimum atomic E-state index is -1.45.